The van der Waals surface area contributed by atoms with Crippen molar-refractivity contribution in [2.75, 3.05) is 0 Å². The molecule has 0 spiro atoms. The standard InChI is InChI=1S/C17H16N4O3S/c1-11(2)18-17(22)15-10-14(16-7-4-8-25-16)19-20(15)12-5-3-6-13(9-12)21(23)24/h3-11H,1-2H3,(H,18,22). The highest BCUT2D eigenvalue weighted by atomic mass is 32.1. The molecule has 0 aliphatic rings. The minimum Gasteiger partial charge on any atom is -0.349 e. The van der Waals surface area contributed by atoms with Crippen LogP contribution in [-0.2, 0) is 0 Å². The molecule has 2 heterocycles. The summed E-state index contributed by atoms with van der Waals surface area (Å²) in [6.07, 6.45) is 0. The maximum Gasteiger partial charge on any atom is 0.271 e. The smallest absolute Gasteiger partial charge is 0.271 e. The van der Waals surface area contributed by atoms with Gasteiger partial charge in [0.05, 0.1) is 15.5 Å². The lowest BCUT2D eigenvalue weighted by atomic mass is 10.2. The van der Waals surface area contributed by atoms with Gasteiger partial charge in [-0.25, -0.2) is 4.68 Å². The Morgan fingerprint density at radius 3 is 2.72 bits per heavy atom. The third-order valence-electron chi connectivity index (χ3n) is 3.42. The van der Waals surface area contributed by atoms with Gasteiger partial charge in [-0.15, -0.1) is 11.3 Å². The third-order valence-corrected chi connectivity index (χ3v) is 4.31. The number of hydrogen-bond acceptors (Lipinski definition) is 5. The van der Waals surface area contributed by atoms with E-state index in [2.05, 4.69) is 10.4 Å². The normalized spacial score (nSPS) is 10.8. The summed E-state index contributed by atoms with van der Waals surface area (Å²) in [5, 5.41) is 20.3. The first kappa shape index (κ1) is 16.8. The Kier molecular flexibility index (Phi) is 4.62. The molecule has 2 aromatic heterocycles. The fourth-order valence-electron chi connectivity index (χ4n) is 2.36. The predicted octanol–water partition coefficient (Wildman–Crippen LogP) is 3.65. The Morgan fingerprint density at radius 1 is 1.28 bits per heavy atom. The molecule has 1 N–H and O–H groups in total. The minimum absolute atomic E-state index is 0.0360. The van der Waals surface area contributed by atoms with Crippen LogP contribution < -0.4 is 5.32 Å². The fraction of sp³-hybridized carbons (Fsp3) is 0.176. The fourth-order valence-corrected chi connectivity index (χ4v) is 3.04. The number of nitrogens with one attached hydrogen (secondary N) is 1. The summed E-state index contributed by atoms with van der Waals surface area (Å²) in [4.78, 5) is 24.0. The first-order valence-electron chi connectivity index (χ1n) is 7.65. The van der Waals surface area contributed by atoms with Crippen molar-refractivity contribution >= 4 is 22.9 Å². The van der Waals surface area contributed by atoms with Crippen LogP contribution in [0.2, 0.25) is 0 Å². The molecule has 0 bridgehead atoms. The van der Waals surface area contributed by atoms with Crippen LogP contribution in [-0.4, -0.2) is 26.7 Å². The number of nitro groups is 1. The lowest BCUT2D eigenvalue weighted by Crippen LogP contribution is -2.31. The molecule has 8 heteroatoms. The molecule has 0 saturated carbocycles. The van der Waals surface area contributed by atoms with Crippen molar-refractivity contribution in [2.45, 2.75) is 19.9 Å². The van der Waals surface area contributed by atoms with Crippen molar-refractivity contribution in [1.82, 2.24) is 15.1 Å². The number of hydrogen-bond donors (Lipinski definition) is 1. The zero-order valence-corrected chi connectivity index (χ0v) is 14.5. The summed E-state index contributed by atoms with van der Waals surface area (Å²) in [5.74, 6) is -0.281. The summed E-state index contributed by atoms with van der Waals surface area (Å²) < 4.78 is 1.44. The molecule has 0 aliphatic carbocycles. The van der Waals surface area contributed by atoms with Gasteiger partial charge in [-0.05, 0) is 37.4 Å². The molecule has 3 aromatic rings. The van der Waals surface area contributed by atoms with Gasteiger partial charge in [0.15, 0.2) is 0 Å². The molecule has 0 saturated heterocycles. The van der Waals surface area contributed by atoms with E-state index < -0.39 is 4.92 Å². The first-order valence-corrected chi connectivity index (χ1v) is 8.53. The molecule has 0 atom stereocenters. The first-order chi connectivity index (χ1) is 12.0. The molecule has 0 aliphatic heterocycles. The summed E-state index contributed by atoms with van der Waals surface area (Å²) in [6, 6.07) is 11.5. The van der Waals surface area contributed by atoms with Gasteiger partial charge in [0.1, 0.15) is 11.4 Å². The molecule has 25 heavy (non-hydrogen) atoms. The van der Waals surface area contributed by atoms with E-state index in [0.29, 0.717) is 17.1 Å². The quantitative estimate of drug-likeness (QED) is 0.558. The molecule has 3 rings (SSSR count). The zero-order valence-electron chi connectivity index (χ0n) is 13.7. The van der Waals surface area contributed by atoms with Crippen LogP contribution in [0.3, 0.4) is 0 Å². The SMILES string of the molecule is CC(C)NC(=O)c1cc(-c2cccs2)nn1-c1cccc([N+](=O)[O-])c1. The van der Waals surface area contributed by atoms with E-state index >= 15 is 0 Å². The summed E-state index contributed by atoms with van der Waals surface area (Å²) in [5.41, 5.74) is 1.39. The van der Waals surface area contributed by atoms with E-state index in [9.17, 15) is 14.9 Å². The van der Waals surface area contributed by atoms with Crippen molar-refractivity contribution in [3.63, 3.8) is 0 Å². The zero-order chi connectivity index (χ0) is 18.0. The third kappa shape index (κ3) is 3.58. The van der Waals surface area contributed by atoms with Crippen LogP contribution in [0.4, 0.5) is 5.69 Å². The van der Waals surface area contributed by atoms with Crippen molar-refractivity contribution in [2.24, 2.45) is 0 Å². The highest BCUT2D eigenvalue weighted by Gasteiger charge is 2.19. The van der Waals surface area contributed by atoms with E-state index in [0.717, 1.165) is 4.88 Å². The van der Waals surface area contributed by atoms with Gasteiger partial charge >= 0.3 is 0 Å². The number of carbonyl (C=O) groups is 1. The predicted molar refractivity (Wildman–Crippen MR) is 96.1 cm³/mol. The molecule has 0 radical (unpaired) electrons. The molecular formula is C17H16N4O3S. The second-order valence-electron chi connectivity index (χ2n) is 5.71. The van der Waals surface area contributed by atoms with Gasteiger partial charge in [-0.3, -0.25) is 14.9 Å². The monoisotopic (exact) mass is 356 g/mol. The van der Waals surface area contributed by atoms with E-state index in [4.69, 9.17) is 0 Å². The number of nitrogens with zero attached hydrogens (tertiary/aromatic N) is 3. The maximum atomic E-state index is 12.5. The summed E-state index contributed by atoms with van der Waals surface area (Å²) in [7, 11) is 0. The van der Waals surface area contributed by atoms with E-state index in [-0.39, 0.29) is 17.6 Å². The van der Waals surface area contributed by atoms with E-state index in [1.165, 1.54) is 28.2 Å². The number of aromatic nitrogens is 2. The number of nitro benzene ring substituents is 1. The molecule has 1 amide bonds. The lowest BCUT2D eigenvalue weighted by Gasteiger charge is -2.10. The van der Waals surface area contributed by atoms with Crippen LogP contribution >= 0.6 is 11.3 Å². The van der Waals surface area contributed by atoms with Gasteiger partial charge < -0.3 is 5.32 Å². The molecule has 7 nitrogen and oxygen atoms in total. The van der Waals surface area contributed by atoms with Crippen molar-refractivity contribution in [1.29, 1.82) is 0 Å². The number of carbonyl (C=O) groups excluding carboxylic acids is 1. The maximum absolute atomic E-state index is 12.5. The van der Waals surface area contributed by atoms with E-state index in [1.807, 2.05) is 31.4 Å². The Balaban J connectivity index is 2.12. The van der Waals surface area contributed by atoms with Gasteiger partial charge in [-0.1, -0.05) is 12.1 Å². The van der Waals surface area contributed by atoms with Crippen LogP contribution in [0.25, 0.3) is 16.3 Å². The molecule has 1 aromatic carbocycles. The Labute approximate surface area is 148 Å². The number of thiophene rings is 1. The highest BCUT2D eigenvalue weighted by molar-refractivity contribution is 7.13. The van der Waals surface area contributed by atoms with Crippen LogP contribution in [0.15, 0.2) is 47.8 Å². The minimum atomic E-state index is -0.471. The molecule has 0 fully saturated rings. The van der Waals surface area contributed by atoms with Gasteiger partial charge in [-0.2, -0.15) is 5.10 Å². The van der Waals surface area contributed by atoms with Crippen LogP contribution in [0.1, 0.15) is 24.3 Å². The number of non-ortho nitro benzene ring substituents is 1. The molecular weight excluding hydrogens is 340 g/mol. The second kappa shape index (κ2) is 6.86. The number of rotatable bonds is 5. The van der Waals surface area contributed by atoms with Crippen LogP contribution in [0.5, 0.6) is 0 Å². The topological polar surface area (TPSA) is 90.1 Å². The summed E-state index contributed by atoms with van der Waals surface area (Å²) in [6.45, 7) is 3.73. The van der Waals surface area contributed by atoms with Crippen molar-refractivity contribution < 1.29 is 9.72 Å². The largest absolute Gasteiger partial charge is 0.349 e. The van der Waals surface area contributed by atoms with Crippen LogP contribution in [0, 0.1) is 10.1 Å². The van der Waals surface area contributed by atoms with Gasteiger partial charge in [0.2, 0.25) is 0 Å². The van der Waals surface area contributed by atoms with E-state index in [1.54, 1.807) is 18.2 Å². The van der Waals surface area contributed by atoms with Gasteiger partial charge in [0.25, 0.3) is 11.6 Å². The summed E-state index contributed by atoms with van der Waals surface area (Å²) >= 11 is 1.51. The van der Waals surface area contributed by atoms with Crippen molar-refractivity contribution in [3.05, 3.63) is 63.7 Å². The lowest BCUT2D eigenvalue weighted by molar-refractivity contribution is -0.384. The Morgan fingerprint density at radius 2 is 2.08 bits per heavy atom. The van der Waals surface area contributed by atoms with Gasteiger partial charge in [0, 0.05) is 18.2 Å². The highest BCUT2D eigenvalue weighted by Crippen LogP contribution is 2.26. The average molecular weight is 356 g/mol. The number of amides is 1. The molecule has 0 unspecified atom stereocenters. The second-order valence-corrected chi connectivity index (χ2v) is 6.66. The molecule has 128 valence electrons. The Bertz CT molecular complexity index is 916. The number of benzene rings is 1. The Hall–Kier alpha value is -3.00. The van der Waals surface area contributed by atoms with Crippen molar-refractivity contribution in [3.8, 4) is 16.3 Å². The average Bonchev–Trinajstić information content (AvgIpc) is 3.23.